The average molecular weight is 388 g/mol. The topological polar surface area (TPSA) is 0 Å². The summed E-state index contributed by atoms with van der Waals surface area (Å²) in [7, 11) is 0. The van der Waals surface area contributed by atoms with E-state index in [0.717, 1.165) is 25.7 Å². The Bertz CT molecular complexity index is 876. The number of rotatable bonds is 6. The number of hydrogen-bond acceptors (Lipinski definition) is 0. The summed E-state index contributed by atoms with van der Waals surface area (Å²) in [4.78, 5) is 0. The standard InChI is InChI=1S/2C8H9.2C5H5.Ti/c2*1-2-8-6-4-3-5-7-8;2*1-2-4-5-3-1;/h2*3-6H,2H2,1H3;2*1-3H,4H2;. The van der Waals surface area contributed by atoms with Gasteiger partial charge in [-0.2, -0.15) is 0 Å². The first kappa shape index (κ1) is 18.5. The molecule has 0 fully saturated rings. The fraction of sp³-hybridized carbons (Fsp3) is 0.231. The second kappa shape index (κ2) is 8.01. The summed E-state index contributed by atoms with van der Waals surface area (Å²) in [5.74, 6) is 0. The van der Waals surface area contributed by atoms with E-state index in [1.54, 1.807) is 15.5 Å². The maximum absolute atomic E-state index is 2.93. The van der Waals surface area contributed by atoms with Gasteiger partial charge in [-0.15, -0.1) is 0 Å². The minimum atomic E-state index is -2.93. The Morgan fingerprint density at radius 1 is 0.667 bits per heavy atom. The Hall–Kier alpha value is -1.89. The number of hydrogen-bond donors (Lipinski definition) is 0. The molecule has 27 heavy (non-hydrogen) atoms. The van der Waals surface area contributed by atoms with E-state index in [1.807, 2.05) is 0 Å². The Kier molecular flexibility index (Phi) is 5.48. The molecule has 0 bridgehead atoms. The third kappa shape index (κ3) is 3.06. The number of benzene rings is 2. The molecule has 2 aliphatic carbocycles. The van der Waals surface area contributed by atoms with Crippen LogP contribution in [0.15, 0.2) is 92.7 Å². The van der Waals surface area contributed by atoms with Gasteiger partial charge in [0.25, 0.3) is 0 Å². The molecule has 0 nitrogen and oxygen atoms in total. The van der Waals surface area contributed by atoms with Crippen molar-refractivity contribution in [3.63, 3.8) is 0 Å². The van der Waals surface area contributed by atoms with Gasteiger partial charge in [0.1, 0.15) is 0 Å². The van der Waals surface area contributed by atoms with E-state index in [2.05, 4.69) is 98.8 Å². The Balaban J connectivity index is 2.10. The van der Waals surface area contributed by atoms with Crippen LogP contribution in [0.25, 0.3) is 0 Å². The van der Waals surface area contributed by atoms with Crippen LogP contribution in [0, 0.1) is 0 Å². The molecule has 2 aliphatic rings. The van der Waals surface area contributed by atoms with Crippen LogP contribution in [-0.4, -0.2) is 0 Å². The molecule has 0 aliphatic heterocycles. The molecule has 0 saturated heterocycles. The molecule has 2 aromatic rings. The van der Waals surface area contributed by atoms with Gasteiger partial charge in [-0.05, 0) is 0 Å². The first-order chi connectivity index (χ1) is 13.3. The predicted molar refractivity (Wildman–Crippen MR) is 115 cm³/mol. The molecule has 0 aromatic heterocycles. The van der Waals surface area contributed by atoms with E-state index in [-0.39, 0.29) is 0 Å². The molecule has 0 spiro atoms. The van der Waals surface area contributed by atoms with Gasteiger partial charge in [0.05, 0.1) is 0 Å². The molecule has 0 N–H and O–H groups in total. The molecule has 0 heterocycles. The molecular weight excluding hydrogens is 360 g/mol. The van der Waals surface area contributed by atoms with E-state index in [4.69, 9.17) is 0 Å². The van der Waals surface area contributed by atoms with Gasteiger partial charge in [0, 0.05) is 0 Å². The summed E-state index contributed by atoms with van der Waals surface area (Å²) in [5, 5.41) is 0. The van der Waals surface area contributed by atoms with Crippen LogP contribution >= 0.6 is 0 Å². The van der Waals surface area contributed by atoms with Crippen LogP contribution in [0.2, 0.25) is 0 Å². The van der Waals surface area contributed by atoms with Gasteiger partial charge in [-0.3, -0.25) is 0 Å². The third-order valence-electron chi connectivity index (χ3n) is 6.11. The van der Waals surface area contributed by atoms with E-state index in [9.17, 15) is 0 Å². The van der Waals surface area contributed by atoms with Crippen LogP contribution in [-0.2, 0) is 29.4 Å². The second-order valence-electron chi connectivity index (χ2n) is 7.42. The Morgan fingerprint density at radius 3 is 1.48 bits per heavy atom. The molecule has 136 valence electrons. The van der Waals surface area contributed by atoms with E-state index >= 15 is 0 Å². The summed E-state index contributed by atoms with van der Waals surface area (Å²) in [5.41, 5.74) is 3.06. The predicted octanol–water partition coefficient (Wildman–Crippen LogP) is 5.60. The molecule has 0 radical (unpaired) electrons. The van der Waals surface area contributed by atoms with Crippen molar-refractivity contribution in [2.24, 2.45) is 0 Å². The number of allylic oxidation sites excluding steroid dienone is 8. The fourth-order valence-corrected chi connectivity index (χ4v) is 13.9. The zero-order valence-electron chi connectivity index (χ0n) is 16.4. The summed E-state index contributed by atoms with van der Waals surface area (Å²) >= 11 is -2.93. The first-order valence-electron chi connectivity index (χ1n) is 10.2. The van der Waals surface area contributed by atoms with E-state index in [1.165, 1.54) is 11.1 Å². The van der Waals surface area contributed by atoms with Gasteiger partial charge in [0.15, 0.2) is 0 Å². The van der Waals surface area contributed by atoms with Crippen LogP contribution in [0.3, 0.4) is 0 Å². The quantitative estimate of drug-likeness (QED) is 0.565. The van der Waals surface area contributed by atoms with E-state index in [0.29, 0.717) is 0 Å². The first-order valence-corrected chi connectivity index (χ1v) is 13.3. The van der Waals surface area contributed by atoms with Crippen molar-refractivity contribution in [3.05, 3.63) is 104 Å². The van der Waals surface area contributed by atoms with Crippen molar-refractivity contribution in [1.82, 2.24) is 0 Å². The third-order valence-corrected chi connectivity index (χ3v) is 14.3. The molecule has 1 heteroatoms. The SMILES string of the molecule is CCc1cccc[c]1[Ti]([C]1=CC=CC1)([C]1=CC=CC1)[c]1ccccc1CC. The van der Waals surface area contributed by atoms with Crippen LogP contribution < -0.4 is 7.74 Å². The second-order valence-corrected chi connectivity index (χ2v) is 13.5. The monoisotopic (exact) mass is 388 g/mol. The molecule has 0 unspecified atom stereocenters. The average Bonchev–Trinajstić information content (AvgIpc) is 3.44. The van der Waals surface area contributed by atoms with Gasteiger partial charge < -0.3 is 0 Å². The molecule has 4 rings (SSSR count). The summed E-state index contributed by atoms with van der Waals surface area (Å²) in [6, 6.07) is 18.6. The summed E-state index contributed by atoms with van der Waals surface area (Å²) in [6.07, 6.45) is 18.5. The van der Waals surface area contributed by atoms with Gasteiger partial charge >= 0.3 is 168 Å². The van der Waals surface area contributed by atoms with Gasteiger partial charge in [-0.1, -0.05) is 0 Å². The maximum atomic E-state index is 2.45. The van der Waals surface area contributed by atoms with Crippen molar-refractivity contribution in [2.75, 3.05) is 0 Å². The fourth-order valence-electron chi connectivity index (χ4n) is 4.88. The summed E-state index contributed by atoms with van der Waals surface area (Å²) in [6.45, 7) is 4.61. The van der Waals surface area contributed by atoms with Crippen molar-refractivity contribution in [3.8, 4) is 0 Å². The molecule has 0 atom stereocenters. The Morgan fingerprint density at radius 2 is 1.11 bits per heavy atom. The summed E-state index contributed by atoms with van der Waals surface area (Å²) < 4.78 is 6.66. The van der Waals surface area contributed by atoms with Crippen LogP contribution in [0.5, 0.6) is 0 Å². The molecule has 0 saturated carbocycles. The normalized spacial score (nSPS) is 15.9. The molecule has 2 aromatic carbocycles. The molecule has 0 amide bonds. The van der Waals surface area contributed by atoms with Crippen LogP contribution in [0.4, 0.5) is 0 Å². The van der Waals surface area contributed by atoms with Crippen LogP contribution in [0.1, 0.15) is 37.8 Å². The van der Waals surface area contributed by atoms with E-state index < -0.39 is 16.6 Å². The van der Waals surface area contributed by atoms with Crippen molar-refractivity contribution >= 4 is 7.74 Å². The van der Waals surface area contributed by atoms with Gasteiger partial charge in [-0.25, -0.2) is 0 Å². The Labute approximate surface area is 167 Å². The van der Waals surface area contributed by atoms with Crippen molar-refractivity contribution in [1.29, 1.82) is 0 Å². The molecular formula is C26H28Ti. The van der Waals surface area contributed by atoms with Gasteiger partial charge in [0.2, 0.25) is 0 Å². The zero-order chi connectivity index (χ0) is 18.7. The zero-order valence-corrected chi connectivity index (χ0v) is 18.0. The number of aryl methyl sites for hydroxylation is 2. The minimum absolute atomic E-state index is 1.10. The van der Waals surface area contributed by atoms with Crippen molar-refractivity contribution in [2.45, 2.75) is 39.5 Å². The van der Waals surface area contributed by atoms with Crippen molar-refractivity contribution < 1.29 is 16.6 Å².